The Balaban J connectivity index is 1.71. The van der Waals surface area contributed by atoms with Crippen LogP contribution in [-0.4, -0.2) is 42.3 Å². The predicted octanol–water partition coefficient (Wildman–Crippen LogP) is 2.81. The number of hydrogen-bond acceptors (Lipinski definition) is 7. The molecule has 28 heavy (non-hydrogen) atoms. The molecule has 0 unspecified atom stereocenters. The molecule has 146 valence electrons. The molecule has 0 fully saturated rings. The summed E-state index contributed by atoms with van der Waals surface area (Å²) in [6.07, 6.45) is 2.59. The van der Waals surface area contributed by atoms with Crippen LogP contribution >= 0.6 is 11.8 Å². The molecule has 0 spiro atoms. The van der Waals surface area contributed by atoms with Crippen molar-refractivity contribution in [2.24, 2.45) is 0 Å². The highest BCUT2D eigenvalue weighted by atomic mass is 32.2. The summed E-state index contributed by atoms with van der Waals surface area (Å²) in [7, 11) is 0. The van der Waals surface area contributed by atoms with Gasteiger partial charge in [-0.1, -0.05) is 11.8 Å². The second-order valence-corrected chi connectivity index (χ2v) is 6.98. The number of hydrogen-bond donors (Lipinski definition) is 1. The summed E-state index contributed by atoms with van der Waals surface area (Å²) in [6, 6.07) is 4.32. The normalized spacial score (nSPS) is 10.9. The number of carbonyl (C=O) groups excluding carboxylic acids is 1. The van der Waals surface area contributed by atoms with Gasteiger partial charge < -0.3 is 5.32 Å². The van der Waals surface area contributed by atoms with E-state index >= 15 is 0 Å². The van der Waals surface area contributed by atoms with Gasteiger partial charge in [-0.05, 0) is 67.6 Å². The van der Waals surface area contributed by atoms with Gasteiger partial charge in [-0.2, -0.15) is 4.68 Å². The van der Waals surface area contributed by atoms with Gasteiger partial charge in [-0.3, -0.25) is 4.79 Å². The van der Waals surface area contributed by atoms with Gasteiger partial charge in [-0.25, -0.2) is 14.4 Å². The van der Waals surface area contributed by atoms with E-state index in [2.05, 4.69) is 30.8 Å². The molecule has 1 aromatic carbocycles. The Morgan fingerprint density at radius 1 is 1.21 bits per heavy atom. The first-order valence-corrected chi connectivity index (χ1v) is 9.84. The van der Waals surface area contributed by atoms with Crippen LogP contribution in [0.5, 0.6) is 0 Å². The molecule has 0 bridgehead atoms. The van der Waals surface area contributed by atoms with Gasteiger partial charge in [0.15, 0.2) is 11.0 Å². The lowest BCUT2D eigenvalue weighted by Gasteiger charge is -2.11. The largest absolute Gasteiger partial charge is 0.324 e. The molecule has 3 aromatic rings. The first-order chi connectivity index (χ1) is 13.4. The first-order valence-electron chi connectivity index (χ1n) is 8.62. The van der Waals surface area contributed by atoms with E-state index in [1.807, 2.05) is 20.1 Å². The number of anilines is 1. The van der Waals surface area contributed by atoms with E-state index in [1.165, 1.54) is 28.6 Å². The molecule has 1 N–H and O–H groups in total. The Hall–Kier alpha value is -2.88. The van der Waals surface area contributed by atoms with E-state index in [0.717, 1.165) is 17.0 Å². The summed E-state index contributed by atoms with van der Waals surface area (Å²) in [4.78, 5) is 21.2. The Bertz CT molecular complexity index is 998. The van der Waals surface area contributed by atoms with Crippen LogP contribution in [0, 0.1) is 26.6 Å². The molecular formula is C18H20FN7OS. The molecule has 0 radical (unpaired) electrons. The van der Waals surface area contributed by atoms with Crippen molar-refractivity contribution >= 4 is 23.4 Å². The lowest BCUT2D eigenvalue weighted by Crippen LogP contribution is -2.15. The fourth-order valence-electron chi connectivity index (χ4n) is 2.82. The van der Waals surface area contributed by atoms with E-state index in [9.17, 15) is 9.18 Å². The zero-order valence-corrected chi connectivity index (χ0v) is 16.8. The molecular weight excluding hydrogens is 381 g/mol. The molecule has 0 aliphatic heterocycles. The summed E-state index contributed by atoms with van der Waals surface area (Å²) < 4.78 is 15.6. The Morgan fingerprint density at radius 3 is 2.54 bits per heavy atom. The maximum atomic E-state index is 14.1. The lowest BCUT2D eigenvalue weighted by atomic mass is 10.1. The Labute approximate surface area is 166 Å². The number of aromatic nitrogens is 6. The molecule has 2 heterocycles. The Morgan fingerprint density at radius 2 is 1.93 bits per heavy atom. The molecule has 2 aromatic heterocycles. The van der Waals surface area contributed by atoms with Crippen LogP contribution in [0.15, 0.2) is 23.4 Å². The number of nitrogens with one attached hydrogen (secondary N) is 1. The fourth-order valence-corrected chi connectivity index (χ4v) is 3.28. The summed E-state index contributed by atoms with van der Waals surface area (Å²) >= 11 is 1.48. The monoisotopic (exact) mass is 401 g/mol. The van der Waals surface area contributed by atoms with Crippen molar-refractivity contribution in [3.63, 3.8) is 0 Å². The molecule has 0 saturated heterocycles. The van der Waals surface area contributed by atoms with Gasteiger partial charge in [0.05, 0.1) is 11.4 Å². The molecule has 0 aliphatic rings. The highest BCUT2D eigenvalue weighted by Gasteiger charge is 2.13. The number of tetrazole rings is 1. The third-order valence-corrected chi connectivity index (χ3v) is 4.83. The average molecular weight is 401 g/mol. The number of rotatable bonds is 6. The molecule has 1 amide bonds. The van der Waals surface area contributed by atoms with E-state index in [-0.39, 0.29) is 18.0 Å². The van der Waals surface area contributed by atoms with Crippen molar-refractivity contribution in [3.8, 4) is 5.69 Å². The minimum absolute atomic E-state index is 0.0832. The van der Waals surface area contributed by atoms with Crippen LogP contribution in [0.2, 0.25) is 0 Å². The van der Waals surface area contributed by atoms with Crippen LogP contribution < -0.4 is 5.32 Å². The average Bonchev–Trinajstić information content (AvgIpc) is 3.08. The van der Waals surface area contributed by atoms with Crippen LogP contribution in [-0.2, 0) is 11.2 Å². The van der Waals surface area contributed by atoms with Crippen molar-refractivity contribution in [3.05, 3.63) is 46.8 Å². The first kappa shape index (κ1) is 19.9. The topological polar surface area (TPSA) is 98.5 Å². The van der Waals surface area contributed by atoms with Gasteiger partial charge in [-0.15, -0.1) is 5.10 Å². The van der Waals surface area contributed by atoms with E-state index in [0.29, 0.717) is 23.1 Å². The van der Waals surface area contributed by atoms with Crippen molar-refractivity contribution in [1.29, 1.82) is 0 Å². The Kier molecular flexibility index (Phi) is 5.98. The predicted molar refractivity (Wildman–Crippen MR) is 104 cm³/mol. The number of halogens is 1. The minimum atomic E-state index is -0.525. The van der Waals surface area contributed by atoms with Crippen LogP contribution in [0.4, 0.5) is 10.1 Å². The van der Waals surface area contributed by atoms with Gasteiger partial charge in [0.1, 0.15) is 5.82 Å². The molecule has 8 nitrogen and oxygen atoms in total. The number of benzene rings is 1. The maximum absolute atomic E-state index is 14.1. The molecule has 0 aliphatic carbocycles. The number of amides is 1. The molecule has 0 atom stereocenters. The van der Waals surface area contributed by atoms with E-state index in [1.54, 1.807) is 13.0 Å². The summed E-state index contributed by atoms with van der Waals surface area (Å²) in [5.41, 5.74) is 3.29. The zero-order chi connectivity index (χ0) is 20.3. The van der Waals surface area contributed by atoms with Crippen LogP contribution in [0.3, 0.4) is 0 Å². The smallest absolute Gasteiger partial charge is 0.224 e. The maximum Gasteiger partial charge on any atom is 0.224 e. The number of thioether (sulfide) groups is 1. The number of nitrogens with zero attached hydrogens (tertiary/aromatic N) is 6. The summed E-state index contributed by atoms with van der Waals surface area (Å²) in [5.74, 6) is -0.261. The summed E-state index contributed by atoms with van der Waals surface area (Å²) in [5, 5.41) is 14.6. The van der Waals surface area contributed by atoms with Gasteiger partial charge in [0, 0.05) is 17.8 Å². The molecule has 10 heteroatoms. The highest BCUT2D eigenvalue weighted by Crippen LogP contribution is 2.21. The SMILES string of the molecule is CSc1nc(C)c(CCC(=O)Nc2cc(-n3nnnc3C)ccc2F)c(C)n1. The second kappa shape index (κ2) is 8.42. The van der Waals surface area contributed by atoms with Crippen LogP contribution in [0.1, 0.15) is 29.2 Å². The van der Waals surface area contributed by atoms with E-state index < -0.39 is 5.82 Å². The number of carbonyl (C=O) groups is 1. The zero-order valence-electron chi connectivity index (χ0n) is 16.0. The van der Waals surface area contributed by atoms with Crippen molar-refractivity contribution < 1.29 is 9.18 Å². The fraction of sp³-hybridized carbons (Fsp3) is 0.333. The third-order valence-electron chi connectivity index (χ3n) is 4.28. The quantitative estimate of drug-likeness (QED) is 0.501. The number of aryl methyl sites for hydroxylation is 3. The van der Waals surface area contributed by atoms with Crippen LogP contribution in [0.25, 0.3) is 5.69 Å². The van der Waals surface area contributed by atoms with Gasteiger partial charge in [0.2, 0.25) is 5.91 Å². The minimum Gasteiger partial charge on any atom is -0.324 e. The van der Waals surface area contributed by atoms with Crippen molar-refractivity contribution in [2.75, 3.05) is 11.6 Å². The van der Waals surface area contributed by atoms with E-state index in [4.69, 9.17) is 0 Å². The lowest BCUT2D eigenvalue weighted by molar-refractivity contribution is -0.116. The van der Waals surface area contributed by atoms with Crippen molar-refractivity contribution in [2.45, 2.75) is 38.8 Å². The standard InChI is InChI=1S/C18H20FN7OS/c1-10-14(11(2)21-18(20-10)28-4)6-8-17(27)22-16-9-13(5-7-15(16)19)26-12(3)23-24-25-26/h5,7,9H,6,8H2,1-4H3,(H,22,27). The molecule has 0 saturated carbocycles. The molecule has 3 rings (SSSR count). The second-order valence-electron chi connectivity index (χ2n) is 6.21. The van der Waals surface area contributed by atoms with Gasteiger partial charge >= 0.3 is 0 Å². The van der Waals surface area contributed by atoms with Gasteiger partial charge in [0.25, 0.3) is 0 Å². The highest BCUT2D eigenvalue weighted by molar-refractivity contribution is 7.98. The summed E-state index contributed by atoms with van der Waals surface area (Å²) in [6.45, 7) is 5.54. The van der Waals surface area contributed by atoms with Crippen molar-refractivity contribution in [1.82, 2.24) is 30.2 Å². The third kappa shape index (κ3) is 4.33.